The van der Waals surface area contributed by atoms with Crippen molar-refractivity contribution in [3.05, 3.63) is 76.6 Å². The molecule has 4 rings (SSSR count). The van der Waals surface area contributed by atoms with Crippen LogP contribution in [0.1, 0.15) is 43.6 Å². The summed E-state index contributed by atoms with van der Waals surface area (Å²) in [5, 5.41) is 4.09. The molecular formula is C23H25ClN4. The quantitative estimate of drug-likeness (QED) is 0.595. The van der Waals surface area contributed by atoms with E-state index in [0.29, 0.717) is 11.1 Å². The van der Waals surface area contributed by atoms with Gasteiger partial charge < -0.3 is 10.2 Å². The lowest BCUT2D eigenvalue weighted by atomic mass is 9.95. The fourth-order valence-corrected chi connectivity index (χ4v) is 3.81. The summed E-state index contributed by atoms with van der Waals surface area (Å²) < 4.78 is 0. The van der Waals surface area contributed by atoms with E-state index in [0.717, 1.165) is 36.1 Å². The minimum absolute atomic E-state index is 0.243. The van der Waals surface area contributed by atoms with Crippen molar-refractivity contribution in [3.63, 3.8) is 0 Å². The van der Waals surface area contributed by atoms with Gasteiger partial charge in [-0.15, -0.1) is 0 Å². The highest BCUT2D eigenvalue weighted by molar-refractivity contribution is 6.30. The molecule has 0 radical (unpaired) electrons. The van der Waals surface area contributed by atoms with Gasteiger partial charge in [0.2, 0.25) is 0 Å². The van der Waals surface area contributed by atoms with Crippen molar-refractivity contribution in [1.29, 1.82) is 0 Å². The second kappa shape index (κ2) is 7.80. The number of nitrogens with one attached hydrogen (secondary N) is 1. The van der Waals surface area contributed by atoms with Gasteiger partial charge >= 0.3 is 0 Å². The molecule has 144 valence electrons. The number of rotatable bonds is 4. The van der Waals surface area contributed by atoms with Crippen LogP contribution in [0, 0.1) is 0 Å². The van der Waals surface area contributed by atoms with E-state index in [9.17, 15) is 0 Å². The molecule has 5 heteroatoms. The van der Waals surface area contributed by atoms with E-state index in [1.165, 1.54) is 11.1 Å². The number of anilines is 3. The minimum Gasteiger partial charge on any atom is -0.349 e. The van der Waals surface area contributed by atoms with Gasteiger partial charge in [-0.1, -0.05) is 55.8 Å². The number of aromatic nitrogens is 2. The van der Waals surface area contributed by atoms with E-state index in [-0.39, 0.29) is 5.92 Å². The molecule has 0 amide bonds. The zero-order valence-corrected chi connectivity index (χ0v) is 17.2. The molecule has 0 aliphatic carbocycles. The SMILES string of the molecule is CC(C)c1nc(Nc2cccc(Cl)c2)cc(N2Cc3ccccc3C[C@H]2C)n1. The van der Waals surface area contributed by atoms with Crippen molar-refractivity contribution in [1.82, 2.24) is 9.97 Å². The third-order valence-corrected chi connectivity index (χ3v) is 5.38. The second-order valence-corrected chi connectivity index (χ2v) is 8.15. The molecule has 1 atom stereocenters. The van der Waals surface area contributed by atoms with Gasteiger partial charge in [0.15, 0.2) is 0 Å². The Morgan fingerprint density at radius 3 is 2.57 bits per heavy atom. The first-order chi connectivity index (χ1) is 13.5. The van der Waals surface area contributed by atoms with Crippen LogP contribution in [0.2, 0.25) is 5.02 Å². The molecule has 0 unspecified atom stereocenters. The molecule has 2 aromatic carbocycles. The van der Waals surface area contributed by atoms with Crippen LogP contribution >= 0.6 is 11.6 Å². The topological polar surface area (TPSA) is 41.1 Å². The molecule has 1 aromatic heterocycles. The van der Waals surface area contributed by atoms with Crippen LogP contribution in [0.5, 0.6) is 0 Å². The van der Waals surface area contributed by atoms with Crippen molar-refractivity contribution in [2.45, 2.75) is 45.7 Å². The van der Waals surface area contributed by atoms with Crippen molar-refractivity contribution in [2.24, 2.45) is 0 Å². The Morgan fingerprint density at radius 1 is 1.04 bits per heavy atom. The van der Waals surface area contributed by atoms with Crippen LogP contribution < -0.4 is 10.2 Å². The van der Waals surface area contributed by atoms with Crippen LogP contribution in [0.25, 0.3) is 0 Å². The van der Waals surface area contributed by atoms with Crippen LogP contribution in [0.3, 0.4) is 0 Å². The van der Waals surface area contributed by atoms with E-state index in [4.69, 9.17) is 21.6 Å². The zero-order chi connectivity index (χ0) is 19.7. The fourth-order valence-electron chi connectivity index (χ4n) is 3.62. The van der Waals surface area contributed by atoms with E-state index >= 15 is 0 Å². The van der Waals surface area contributed by atoms with Gasteiger partial charge in [-0.25, -0.2) is 9.97 Å². The first kappa shape index (κ1) is 18.8. The molecule has 0 bridgehead atoms. The van der Waals surface area contributed by atoms with E-state index in [2.05, 4.69) is 55.3 Å². The second-order valence-electron chi connectivity index (χ2n) is 7.71. The monoisotopic (exact) mass is 392 g/mol. The summed E-state index contributed by atoms with van der Waals surface area (Å²) >= 11 is 6.13. The molecule has 1 N–H and O–H groups in total. The molecule has 1 aliphatic rings. The number of hydrogen-bond donors (Lipinski definition) is 1. The Kier molecular flexibility index (Phi) is 5.23. The highest BCUT2D eigenvalue weighted by Crippen LogP contribution is 2.30. The Bertz CT molecular complexity index is 986. The average Bonchev–Trinajstić information content (AvgIpc) is 2.67. The first-order valence-electron chi connectivity index (χ1n) is 9.74. The Labute approximate surface area is 171 Å². The van der Waals surface area contributed by atoms with Gasteiger partial charge in [-0.2, -0.15) is 0 Å². The number of benzene rings is 2. The van der Waals surface area contributed by atoms with Crippen molar-refractivity contribution >= 4 is 28.9 Å². The molecule has 28 heavy (non-hydrogen) atoms. The largest absolute Gasteiger partial charge is 0.349 e. The maximum Gasteiger partial charge on any atom is 0.136 e. The standard InChI is InChI=1S/C23H25ClN4/c1-15(2)23-26-21(25-20-10-6-9-19(24)12-20)13-22(27-23)28-14-18-8-5-4-7-17(18)11-16(28)3/h4-10,12-13,15-16H,11,14H2,1-3H3,(H,25,26,27)/t16-/m1/s1. The van der Waals surface area contributed by atoms with Gasteiger partial charge in [-0.05, 0) is 42.7 Å². The zero-order valence-electron chi connectivity index (χ0n) is 16.5. The Balaban J connectivity index is 1.69. The van der Waals surface area contributed by atoms with Crippen LogP contribution in [0.15, 0.2) is 54.6 Å². The number of fused-ring (bicyclic) bond motifs is 1. The summed E-state index contributed by atoms with van der Waals surface area (Å²) in [6.07, 6.45) is 1.02. The average molecular weight is 393 g/mol. The molecule has 2 heterocycles. The first-order valence-corrected chi connectivity index (χ1v) is 10.1. The van der Waals surface area contributed by atoms with Gasteiger partial charge in [0.05, 0.1) is 0 Å². The van der Waals surface area contributed by atoms with E-state index in [1.54, 1.807) is 0 Å². The lowest BCUT2D eigenvalue weighted by Gasteiger charge is -2.36. The maximum atomic E-state index is 6.13. The predicted molar refractivity (Wildman–Crippen MR) is 117 cm³/mol. The minimum atomic E-state index is 0.243. The van der Waals surface area contributed by atoms with Crippen molar-refractivity contribution in [2.75, 3.05) is 10.2 Å². The molecule has 0 saturated heterocycles. The molecular weight excluding hydrogens is 368 g/mol. The summed E-state index contributed by atoms with van der Waals surface area (Å²) in [7, 11) is 0. The Hall–Kier alpha value is -2.59. The smallest absolute Gasteiger partial charge is 0.136 e. The molecule has 0 saturated carbocycles. The van der Waals surface area contributed by atoms with Gasteiger partial charge in [-0.3, -0.25) is 0 Å². The van der Waals surface area contributed by atoms with Gasteiger partial charge in [0.1, 0.15) is 17.5 Å². The van der Waals surface area contributed by atoms with Crippen molar-refractivity contribution < 1.29 is 0 Å². The third-order valence-electron chi connectivity index (χ3n) is 5.14. The van der Waals surface area contributed by atoms with Gasteiger partial charge in [0, 0.05) is 35.3 Å². The lowest BCUT2D eigenvalue weighted by molar-refractivity contribution is 0.583. The summed E-state index contributed by atoms with van der Waals surface area (Å²) in [4.78, 5) is 12.0. The molecule has 0 fully saturated rings. The number of hydrogen-bond acceptors (Lipinski definition) is 4. The highest BCUT2D eigenvalue weighted by atomic mass is 35.5. The summed E-state index contributed by atoms with van der Waals surface area (Å²) in [6.45, 7) is 7.37. The number of nitrogens with zero attached hydrogens (tertiary/aromatic N) is 3. The maximum absolute atomic E-state index is 6.13. The molecule has 4 nitrogen and oxygen atoms in total. The normalized spacial score (nSPS) is 16.2. The molecule has 1 aliphatic heterocycles. The van der Waals surface area contributed by atoms with E-state index in [1.807, 2.05) is 30.3 Å². The van der Waals surface area contributed by atoms with Crippen LogP contribution in [-0.2, 0) is 13.0 Å². The van der Waals surface area contributed by atoms with Crippen molar-refractivity contribution in [3.8, 4) is 0 Å². The summed E-state index contributed by atoms with van der Waals surface area (Å²) in [5.74, 6) is 2.84. The van der Waals surface area contributed by atoms with Crippen LogP contribution in [-0.4, -0.2) is 16.0 Å². The summed E-state index contributed by atoms with van der Waals surface area (Å²) in [5.41, 5.74) is 3.72. The Morgan fingerprint density at radius 2 is 1.82 bits per heavy atom. The highest BCUT2D eigenvalue weighted by Gasteiger charge is 2.25. The summed E-state index contributed by atoms with van der Waals surface area (Å²) in [6, 6.07) is 18.8. The third kappa shape index (κ3) is 3.97. The van der Waals surface area contributed by atoms with Gasteiger partial charge in [0.25, 0.3) is 0 Å². The fraction of sp³-hybridized carbons (Fsp3) is 0.304. The predicted octanol–water partition coefficient (Wildman–Crippen LogP) is 5.95. The molecule has 3 aromatic rings. The van der Waals surface area contributed by atoms with Crippen LogP contribution in [0.4, 0.5) is 17.3 Å². The number of halogens is 1. The van der Waals surface area contributed by atoms with E-state index < -0.39 is 0 Å². The molecule has 0 spiro atoms. The lowest BCUT2D eigenvalue weighted by Crippen LogP contribution is -2.39.